The Hall–Kier alpha value is -0.147. The van der Waals surface area contributed by atoms with Crippen molar-refractivity contribution in [2.45, 2.75) is 0 Å². The van der Waals surface area contributed by atoms with E-state index in [1.54, 1.807) is 6.07 Å². The SMILES string of the molecule is C=[C-]C#N.[Zn]. The average Bonchev–Trinajstić information content (AvgIpc) is 1.37. The molecule has 0 saturated heterocycles. The van der Waals surface area contributed by atoms with Crippen LogP contribution in [-0.4, -0.2) is 0 Å². The second-order valence-electron chi connectivity index (χ2n) is 0.289. The Bertz CT molecular complexity index is 52.4. The maximum absolute atomic E-state index is 7.45. The van der Waals surface area contributed by atoms with E-state index in [0.717, 1.165) is 0 Å². The van der Waals surface area contributed by atoms with Gasteiger partial charge in [-0.3, -0.25) is 6.58 Å². The summed E-state index contributed by atoms with van der Waals surface area (Å²) in [5, 5.41) is 7.45. The quantitative estimate of drug-likeness (QED) is 0.257. The van der Waals surface area contributed by atoms with Crippen LogP contribution < -0.4 is 0 Å². The van der Waals surface area contributed by atoms with Crippen molar-refractivity contribution in [2.24, 2.45) is 0 Å². The molecular formula is C3H2NZn-. The van der Waals surface area contributed by atoms with Crippen LogP contribution in [0.15, 0.2) is 6.58 Å². The van der Waals surface area contributed by atoms with Crippen LogP contribution in [0.1, 0.15) is 0 Å². The summed E-state index contributed by atoms with van der Waals surface area (Å²) in [4.78, 5) is 0. The maximum Gasteiger partial charge on any atom is 0 e. The maximum atomic E-state index is 7.45. The minimum Gasteiger partial charge on any atom is -0.393 e. The summed E-state index contributed by atoms with van der Waals surface area (Å²) >= 11 is 0. The summed E-state index contributed by atoms with van der Waals surface area (Å²) < 4.78 is 0. The summed E-state index contributed by atoms with van der Waals surface area (Å²) in [5.41, 5.74) is 0. The fourth-order valence-electron chi connectivity index (χ4n) is 0. The van der Waals surface area contributed by atoms with Crippen LogP contribution in [0.5, 0.6) is 0 Å². The second-order valence-corrected chi connectivity index (χ2v) is 0.289. The molecule has 0 aromatic carbocycles. The predicted molar refractivity (Wildman–Crippen MR) is 14.5 cm³/mol. The first-order chi connectivity index (χ1) is 1.91. The Balaban J connectivity index is 0. The van der Waals surface area contributed by atoms with Gasteiger partial charge in [0.15, 0.2) is 0 Å². The zero-order chi connectivity index (χ0) is 3.41. The number of hydrogen-bond acceptors (Lipinski definition) is 1. The van der Waals surface area contributed by atoms with Crippen molar-refractivity contribution in [1.29, 1.82) is 5.26 Å². The van der Waals surface area contributed by atoms with E-state index in [0.29, 0.717) is 0 Å². The van der Waals surface area contributed by atoms with Gasteiger partial charge in [0.05, 0.1) is 0 Å². The summed E-state index contributed by atoms with van der Waals surface area (Å²) in [6, 6.07) is 1.57. The molecule has 0 saturated carbocycles. The first kappa shape index (κ1) is 8.85. The van der Waals surface area contributed by atoms with Gasteiger partial charge in [-0.05, 0) is 0 Å². The molecule has 0 unspecified atom stereocenters. The average molecular weight is 117 g/mol. The van der Waals surface area contributed by atoms with Gasteiger partial charge in [-0.15, -0.1) is 6.07 Å². The van der Waals surface area contributed by atoms with Crippen molar-refractivity contribution in [3.63, 3.8) is 0 Å². The van der Waals surface area contributed by atoms with E-state index in [9.17, 15) is 0 Å². The fraction of sp³-hybridized carbons (Fsp3) is 0. The molecule has 2 heteroatoms. The van der Waals surface area contributed by atoms with Crippen molar-refractivity contribution in [1.82, 2.24) is 0 Å². The Morgan fingerprint density at radius 2 is 2.00 bits per heavy atom. The van der Waals surface area contributed by atoms with Gasteiger partial charge in [0, 0.05) is 19.5 Å². The van der Waals surface area contributed by atoms with E-state index in [2.05, 4.69) is 6.58 Å². The third-order valence-electron chi connectivity index (χ3n) is 0.0791. The molecular weight excluding hydrogens is 115 g/mol. The molecule has 0 fully saturated rings. The van der Waals surface area contributed by atoms with Crippen molar-refractivity contribution in [2.75, 3.05) is 0 Å². The smallest absolute Gasteiger partial charge is 0 e. The van der Waals surface area contributed by atoms with Gasteiger partial charge >= 0.3 is 0 Å². The molecule has 0 atom stereocenters. The van der Waals surface area contributed by atoms with Crippen LogP contribution in [0, 0.1) is 17.4 Å². The molecule has 0 aliphatic carbocycles. The summed E-state index contributed by atoms with van der Waals surface area (Å²) in [6.07, 6.45) is 1.99. The van der Waals surface area contributed by atoms with E-state index in [1.807, 2.05) is 6.08 Å². The Kier molecular flexibility index (Phi) is 16.2. The molecule has 0 radical (unpaired) electrons. The monoisotopic (exact) mass is 116 g/mol. The largest absolute Gasteiger partial charge is 0.393 e. The van der Waals surface area contributed by atoms with Gasteiger partial charge in [-0.25, -0.2) is 5.26 Å². The van der Waals surface area contributed by atoms with Gasteiger partial charge in [0.1, 0.15) is 0 Å². The molecule has 1 nitrogen and oxygen atoms in total. The van der Waals surface area contributed by atoms with Crippen LogP contribution in [-0.2, 0) is 19.5 Å². The molecule has 0 aromatic rings. The molecule has 0 amide bonds. The van der Waals surface area contributed by atoms with Crippen LogP contribution >= 0.6 is 0 Å². The topological polar surface area (TPSA) is 23.8 Å². The van der Waals surface area contributed by atoms with Crippen molar-refractivity contribution in [3.8, 4) is 6.07 Å². The van der Waals surface area contributed by atoms with Crippen molar-refractivity contribution < 1.29 is 19.5 Å². The Morgan fingerprint density at radius 3 is 2.00 bits per heavy atom. The molecule has 0 aromatic heterocycles. The molecule has 0 aliphatic heterocycles. The van der Waals surface area contributed by atoms with E-state index < -0.39 is 0 Å². The van der Waals surface area contributed by atoms with E-state index in [1.165, 1.54) is 0 Å². The van der Waals surface area contributed by atoms with E-state index >= 15 is 0 Å². The minimum atomic E-state index is 0. The molecule has 0 bridgehead atoms. The molecule has 0 spiro atoms. The predicted octanol–water partition coefficient (Wildman–Crippen LogP) is 0.497. The summed E-state index contributed by atoms with van der Waals surface area (Å²) in [7, 11) is 0. The standard InChI is InChI=1S/C3H2N.Zn/c1-2-3-4;/h1H2;/q-1;. The molecule has 22 valence electrons. The van der Waals surface area contributed by atoms with Crippen molar-refractivity contribution >= 4 is 0 Å². The summed E-state index contributed by atoms with van der Waals surface area (Å²) in [6.45, 7) is 2.99. The first-order valence-corrected chi connectivity index (χ1v) is 0.827. The van der Waals surface area contributed by atoms with E-state index in [4.69, 9.17) is 5.26 Å². The second kappa shape index (κ2) is 9.13. The Morgan fingerprint density at radius 1 is 1.80 bits per heavy atom. The molecule has 0 N–H and O–H groups in total. The van der Waals surface area contributed by atoms with Gasteiger partial charge in [-0.1, -0.05) is 0 Å². The van der Waals surface area contributed by atoms with Crippen LogP contribution in [0.25, 0.3) is 0 Å². The number of rotatable bonds is 0. The van der Waals surface area contributed by atoms with Gasteiger partial charge in [-0.2, -0.15) is 0 Å². The summed E-state index contributed by atoms with van der Waals surface area (Å²) in [5.74, 6) is 0. The zero-order valence-electron chi connectivity index (χ0n) is 2.86. The van der Waals surface area contributed by atoms with E-state index in [-0.39, 0.29) is 19.5 Å². The van der Waals surface area contributed by atoms with Gasteiger partial charge < -0.3 is 6.08 Å². The number of allylic oxidation sites excluding steroid dienone is 1. The van der Waals surface area contributed by atoms with Crippen LogP contribution in [0.2, 0.25) is 0 Å². The number of nitrogens with zero attached hydrogens (tertiary/aromatic N) is 1. The van der Waals surface area contributed by atoms with Gasteiger partial charge in [0.2, 0.25) is 0 Å². The molecule has 0 rings (SSSR count). The molecule has 5 heavy (non-hydrogen) atoms. The molecule has 0 heterocycles. The van der Waals surface area contributed by atoms with Crippen molar-refractivity contribution in [3.05, 3.63) is 12.7 Å². The van der Waals surface area contributed by atoms with Crippen LogP contribution in [0.4, 0.5) is 0 Å². The number of nitriles is 1. The fourth-order valence-corrected chi connectivity index (χ4v) is 0. The first-order valence-electron chi connectivity index (χ1n) is 0.827. The number of hydrogen-bond donors (Lipinski definition) is 0. The minimum absolute atomic E-state index is 0. The Labute approximate surface area is 44.1 Å². The normalized spacial score (nSPS) is 3.00. The molecule has 0 aliphatic rings. The van der Waals surface area contributed by atoms with Crippen LogP contribution in [0.3, 0.4) is 0 Å². The zero-order valence-corrected chi connectivity index (χ0v) is 5.83. The third-order valence-corrected chi connectivity index (χ3v) is 0.0791. The van der Waals surface area contributed by atoms with Gasteiger partial charge in [0.25, 0.3) is 0 Å². The third kappa shape index (κ3) is 18.2.